The number of halogens is 1. The van der Waals surface area contributed by atoms with Crippen LogP contribution < -0.4 is 5.32 Å². The first kappa shape index (κ1) is 14.0. The van der Waals surface area contributed by atoms with Crippen LogP contribution in [0.5, 0.6) is 0 Å². The fourth-order valence-electron chi connectivity index (χ4n) is 2.60. The van der Waals surface area contributed by atoms with Crippen molar-refractivity contribution in [2.75, 3.05) is 6.54 Å². The Morgan fingerprint density at radius 3 is 2.44 bits per heavy atom. The molecule has 18 heavy (non-hydrogen) atoms. The molecule has 2 nitrogen and oxygen atoms in total. The Morgan fingerprint density at radius 1 is 1.22 bits per heavy atom. The second kappa shape index (κ2) is 6.18. The Bertz CT molecular complexity index is 371. The van der Waals surface area contributed by atoms with Crippen molar-refractivity contribution in [3.05, 3.63) is 34.3 Å². The molecule has 1 unspecified atom stereocenters. The Hall–Kier alpha value is -0.380. The van der Waals surface area contributed by atoms with Crippen LogP contribution in [-0.2, 0) is 0 Å². The molecule has 2 N–H and O–H groups in total. The molecule has 1 aliphatic rings. The summed E-state index contributed by atoms with van der Waals surface area (Å²) < 4.78 is 1.10. The highest BCUT2D eigenvalue weighted by Gasteiger charge is 2.29. The van der Waals surface area contributed by atoms with Gasteiger partial charge in [-0.15, -0.1) is 0 Å². The minimum Gasteiger partial charge on any atom is -0.389 e. The third-order valence-electron chi connectivity index (χ3n) is 3.89. The van der Waals surface area contributed by atoms with E-state index in [0.29, 0.717) is 6.54 Å². The molecule has 2 rings (SSSR count). The molecule has 100 valence electrons. The summed E-state index contributed by atoms with van der Waals surface area (Å²) in [7, 11) is 0. The second-order valence-electron chi connectivity index (χ2n) is 5.44. The van der Waals surface area contributed by atoms with Gasteiger partial charge in [0, 0.05) is 17.1 Å². The Morgan fingerprint density at radius 2 is 1.83 bits per heavy atom. The normalized spacial score (nSPS) is 20.6. The van der Waals surface area contributed by atoms with Crippen molar-refractivity contribution in [1.29, 1.82) is 0 Å². The third kappa shape index (κ3) is 3.81. The first-order chi connectivity index (χ1) is 8.59. The number of nitrogens with one attached hydrogen (secondary N) is 1. The lowest BCUT2D eigenvalue weighted by molar-refractivity contribution is 0.00300. The van der Waals surface area contributed by atoms with E-state index in [1.165, 1.54) is 12.0 Å². The lowest BCUT2D eigenvalue weighted by Crippen LogP contribution is -2.42. The van der Waals surface area contributed by atoms with Crippen LogP contribution >= 0.6 is 15.9 Å². The molecule has 0 heterocycles. The van der Waals surface area contributed by atoms with Crippen LogP contribution in [0.25, 0.3) is 0 Å². The second-order valence-corrected chi connectivity index (χ2v) is 6.35. The van der Waals surface area contributed by atoms with Crippen LogP contribution in [0.4, 0.5) is 0 Å². The first-order valence-corrected chi connectivity index (χ1v) is 7.60. The summed E-state index contributed by atoms with van der Waals surface area (Å²) in [5, 5.41) is 13.9. The van der Waals surface area contributed by atoms with E-state index in [2.05, 4.69) is 52.4 Å². The monoisotopic (exact) mass is 311 g/mol. The van der Waals surface area contributed by atoms with E-state index in [1.807, 2.05) is 0 Å². The zero-order valence-electron chi connectivity index (χ0n) is 11.0. The maximum absolute atomic E-state index is 10.4. The molecule has 1 atom stereocenters. The number of aliphatic hydroxyl groups is 1. The molecule has 0 amide bonds. The topological polar surface area (TPSA) is 32.3 Å². The van der Waals surface area contributed by atoms with E-state index >= 15 is 0 Å². The molecule has 1 fully saturated rings. The molecule has 1 aromatic carbocycles. The standard InChI is InChI=1S/C15H22BrNO/c1-12(13-5-7-14(16)8-6-13)17-11-15(18)9-3-2-4-10-15/h5-8,12,17-18H,2-4,9-11H2,1H3. The van der Waals surface area contributed by atoms with E-state index < -0.39 is 5.60 Å². The van der Waals surface area contributed by atoms with Gasteiger partial charge in [-0.05, 0) is 37.5 Å². The summed E-state index contributed by atoms with van der Waals surface area (Å²) >= 11 is 3.44. The quantitative estimate of drug-likeness (QED) is 0.886. The van der Waals surface area contributed by atoms with E-state index in [4.69, 9.17) is 0 Å². The van der Waals surface area contributed by atoms with Gasteiger partial charge in [-0.2, -0.15) is 0 Å². The predicted octanol–water partition coefficient (Wildman–Crippen LogP) is 3.79. The molecular weight excluding hydrogens is 290 g/mol. The highest BCUT2D eigenvalue weighted by molar-refractivity contribution is 9.10. The van der Waals surface area contributed by atoms with Crippen molar-refractivity contribution < 1.29 is 5.11 Å². The number of rotatable bonds is 4. The van der Waals surface area contributed by atoms with Gasteiger partial charge in [0.05, 0.1) is 5.60 Å². The highest BCUT2D eigenvalue weighted by Crippen LogP contribution is 2.28. The maximum atomic E-state index is 10.4. The summed E-state index contributed by atoms with van der Waals surface area (Å²) in [6, 6.07) is 8.63. The van der Waals surface area contributed by atoms with E-state index in [0.717, 1.165) is 30.2 Å². The Labute approximate surface area is 118 Å². The van der Waals surface area contributed by atoms with Gasteiger partial charge >= 0.3 is 0 Å². The van der Waals surface area contributed by atoms with Gasteiger partial charge in [0.25, 0.3) is 0 Å². The zero-order chi connectivity index (χ0) is 13.0. The molecular formula is C15H22BrNO. The number of hydrogen-bond donors (Lipinski definition) is 2. The summed E-state index contributed by atoms with van der Waals surface area (Å²) in [5.41, 5.74) is 0.777. The average Bonchev–Trinajstić information content (AvgIpc) is 2.38. The molecule has 0 aliphatic heterocycles. The fraction of sp³-hybridized carbons (Fsp3) is 0.600. The minimum absolute atomic E-state index is 0.282. The van der Waals surface area contributed by atoms with Crippen molar-refractivity contribution in [3.8, 4) is 0 Å². The summed E-state index contributed by atoms with van der Waals surface area (Å²) in [4.78, 5) is 0. The minimum atomic E-state index is -0.484. The van der Waals surface area contributed by atoms with Crippen LogP contribution in [0.3, 0.4) is 0 Å². The van der Waals surface area contributed by atoms with Gasteiger partial charge in [0.1, 0.15) is 0 Å². The number of benzene rings is 1. The molecule has 0 radical (unpaired) electrons. The summed E-state index contributed by atoms with van der Waals surface area (Å²) in [6.07, 6.45) is 5.46. The van der Waals surface area contributed by atoms with Gasteiger partial charge in [0.2, 0.25) is 0 Å². The van der Waals surface area contributed by atoms with Crippen molar-refractivity contribution >= 4 is 15.9 Å². The van der Waals surface area contributed by atoms with Gasteiger partial charge in [-0.3, -0.25) is 0 Å². The van der Waals surface area contributed by atoms with E-state index in [9.17, 15) is 5.11 Å². The van der Waals surface area contributed by atoms with Crippen LogP contribution in [0.1, 0.15) is 50.6 Å². The van der Waals surface area contributed by atoms with Crippen molar-refractivity contribution in [3.63, 3.8) is 0 Å². The van der Waals surface area contributed by atoms with Crippen LogP contribution in [0, 0.1) is 0 Å². The van der Waals surface area contributed by atoms with Gasteiger partial charge in [-0.1, -0.05) is 47.3 Å². The van der Waals surface area contributed by atoms with Gasteiger partial charge in [-0.25, -0.2) is 0 Å². The van der Waals surface area contributed by atoms with Crippen molar-refractivity contribution in [2.24, 2.45) is 0 Å². The molecule has 1 saturated carbocycles. The zero-order valence-corrected chi connectivity index (χ0v) is 12.5. The van der Waals surface area contributed by atoms with E-state index in [-0.39, 0.29) is 6.04 Å². The van der Waals surface area contributed by atoms with Crippen molar-refractivity contribution in [1.82, 2.24) is 5.32 Å². The molecule has 0 spiro atoms. The lowest BCUT2D eigenvalue weighted by atomic mass is 9.84. The molecule has 0 bridgehead atoms. The van der Waals surface area contributed by atoms with Crippen LogP contribution in [0.15, 0.2) is 28.7 Å². The molecule has 0 aromatic heterocycles. The SMILES string of the molecule is CC(NCC1(O)CCCCC1)c1ccc(Br)cc1. The van der Waals surface area contributed by atoms with Crippen molar-refractivity contribution in [2.45, 2.75) is 50.7 Å². The summed E-state index contributed by atoms with van der Waals surface area (Å²) in [6.45, 7) is 2.85. The largest absolute Gasteiger partial charge is 0.389 e. The van der Waals surface area contributed by atoms with Crippen LogP contribution in [0.2, 0.25) is 0 Å². The Balaban J connectivity index is 1.87. The molecule has 3 heteroatoms. The first-order valence-electron chi connectivity index (χ1n) is 6.80. The number of hydrogen-bond acceptors (Lipinski definition) is 2. The third-order valence-corrected chi connectivity index (χ3v) is 4.42. The fourth-order valence-corrected chi connectivity index (χ4v) is 2.86. The van der Waals surface area contributed by atoms with E-state index in [1.54, 1.807) is 0 Å². The van der Waals surface area contributed by atoms with Gasteiger partial charge in [0.15, 0.2) is 0 Å². The smallest absolute Gasteiger partial charge is 0.0771 e. The Kier molecular flexibility index (Phi) is 4.82. The van der Waals surface area contributed by atoms with Crippen LogP contribution in [-0.4, -0.2) is 17.3 Å². The predicted molar refractivity (Wildman–Crippen MR) is 78.6 cm³/mol. The summed E-state index contributed by atoms with van der Waals surface area (Å²) in [5.74, 6) is 0. The average molecular weight is 312 g/mol. The molecule has 1 aliphatic carbocycles. The molecule has 1 aromatic rings. The van der Waals surface area contributed by atoms with Gasteiger partial charge < -0.3 is 10.4 Å². The molecule has 0 saturated heterocycles. The highest BCUT2D eigenvalue weighted by atomic mass is 79.9. The maximum Gasteiger partial charge on any atom is 0.0771 e. The lowest BCUT2D eigenvalue weighted by Gasteiger charge is -2.33.